The van der Waals surface area contributed by atoms with Crippen molar-refractivity contribution >= 4 is 27.0 Å². The van der Waals surface area contributed by atoms with E-state index in [0.29, 0.717) is 0 Å². The van der Waals surface area contributed by atoms with Gasteiger partial charge in [0.1, 0.15) is 0 Å². The molecule has 0 amide bonds. The SMILES string of the molecule is O=S(O)C1CCc2cc(Br)ccc2C1. The van der Waals surface area contributed by atoms with Crippen LogP contribution in [0.2, 0.25) is 0 Å². The summed E-state index contributed by atoms with van der Waals surface area (Å²) in [6, 6.07) is 6.13. The lowest BCUT2D eigenvalue weighted by Crippen LogP contribution is -2.23. The maximum atomic E-state index is 10.9. The lowest BCUT2D eigenvalue weighted by molar-refractivity contribution is 0.532. The van der Waals surface area contributed by atoms with E-state index in [1.54, 1.807) is 0 Å². The van der Waals surface area contributed by atoms with E-state index < -0.39 is 11.1 Å². The van der Waals surface area contributed by atoms with Crippen LogP contribution in [-0.4, -0.2) is 14.0 Å². The molecule has 1 N–H and O–H groups in total. The standard InChI is InChI=1S/C10H11BrO2S/c11-9-3-1-8-6-10(14(12)13)4-2-7(8)5-9/h1,3,5,10H,2,4,6H2,(H,12,13). The number of hydrogen-bond acceptors (Lipinski definition) is 1. The minimum absolute atomic E-state index is 0.0799. The van der Waals surface area contributed by atoms with Crippen molar-refractivity contribution in [2.24, 2.45) is 0 Å². The minimum atomic E-state index is -1.68. The molecule has 0 saturated carbocycles. The summed E-state index contributed by atoms with van der Waals surface area (Å²) in [7, 11) is 0. The van der Waals surface area contributed by atoms with Crippen LogP contribution in [0.4, 0.5) is 0 Å². The molecule has 0 radical (unpaired) electrons. The molecule has 2 atom stereocenters. The average Bonchev–Trinajstić information content (AvgIpc) is 2.16. The van der Waals surface area contributed by atoms with Crippen molar-refractivity contribution in [2.45, 2.75) is 24.5 Å². The highest BCUT2D eigenvalue weighted by atomic mass is 79.9. The average molecular weight is 275 g/mol. The Morgan fingerprint density at radius 1 is 1.43 bits per heavy atom. The van der Waals surface area contributed by atoms with Crippen molar-refractivity contribution in [3.63, 3.8) is 0 Å². The van der Waals surface area contributed by atoms with Crippen LogP contribution in [0.1, 0.15) is 17.5 Å². The summed E-state index contributed by atoms with van der Waals surface area (Å²) < 4.78 is 21.0. The topological polar surface area (TPSA) is 37.3 Å². The molecule has 1 aliphatic carbocycles. The van der Waals surface area contributed by atoms with Crippen molar-refractivity contribution < 1.29 is 8.76 Å². The summed E-state index contributed by atoms with van der Waals surface area (Å²) in [6.07, 6.45) is 2.45. The van der Waals surface area contributed by atoms with Gasteiger partial charge in [0.05, 0.1) is 5.25 Å². The van der Waals surface area contributed by atoms with Crippen molar-refractivity contribution in [3.05, 3.63) is 33.8 Å². The second-order valence-corrected chi connectivity index (χ2v) is 5.69. The number of aryl methyl sites for hydroxylation is 1. The summed E-state index contributed by atoms with van der Waals surface area (Å²) in [6.45, 7) is 0. The largest absolute Gasteiger partial charge is 0.306 e. The van der Waals surface area contributed by atoms with Crippen LogP contribution in [0.5, 0.6) is 0 Å². The predicted molar refractivity (Wildman–Crippen MR) is 60.7 cm³/mol. The fraction of sp³-hybridized carbons (Fsp3) is 0.400. The maximum Gasteiger partial charge on any atom is 0.156 e. The second-order valence-electron chi connectivity index (χ2n) is 3.55. The Kier molecular flexibility index (Phi) is 3.04. The summed E-state index contributed by atoms with van der Waals surface area (Å²) in [4.78, 5) is 0. The molecule has 1 aromatic rings. The first-order valence-electron chi connectivity index (χ1n) is 4.54. The first-order chi connectivity index (χ1) is 6.66. The predicted octanol–water partition coefficient (Wildman–Crippen LogP) is 2.53. The molecule has 1 aromatic carbocycles. The van der Waals surface area contributed by atoms with Crippen LogP contribution in [0, 0.1) is 0 Å². The van der Waals surface area contributed by atoms with Gasteiger partial charge in [0.15, 0.2) is 11.1 Å². The Labute approximate surface area is 94.1 Å². The van der Waals surface area contributed by atoms with E-state index >= 15 is 0 Å². The molecule has 0 spiro atoms. The Balaban J connectivity index is 2.27. The number of fused-ring (bicyclic) bond motifs is 1. The van der Waals surface area contributed by atoms with Crippen LogP contribution in [0.25, 0.3) is 0 Å². The molecule has 0 saturated heterocycles. The van der Waals surface area contributed by atoms with Gasteiger partial charge in [0.25, 0.3) is 0 Å². The van der Waals surface area contributed by atoms with E-state index in [1.807, 2.05) is 12.1 Å². The molecule has 0 bridgehead atoms. The van der Waals surface area contributed by atoms with Gasteiger partial charge in [-0.1, -0.05) is 22.0 Å². The highest BCUT2D eigenvalue weighted by molar-refractivity contribution is 9.10. The zero-order valence-corrected chi connectivity index (χ0v) is 9.97. The summed E-state index contributed by atoms with van der Waals surface area (Å²) >= 11 is 1.75. The monoisotopic (exact) mass is 274 g/mol. The third-order valence-electron chi connectivity index (χ3n) is 2.64. The van der Waals surface area contributed by atoms with E-state index in [9.17, 15) is 4.21 Å². The van der Waals surface area contributed by atoms with Gasteiger partial charge >= 0.3 is 0 Å². The van der Waals surface area contributed by atoms with Crippen LogP contribution >= 0.6 is 15.9 Å². The molecular formula is C10H11BrO2S. The number of benzene rings is 1. The Morgan fingerprint density at radius 2 is 2.21 bits per heavy atom. The van der Waals surface area contributed by atoms with Crippen molar-refractivity contribution in [3.8, 4) is 0 Å². The van der Waals surface area contributed by atoms with E-state index in [0.717, 1.165) is 23.7 Å². The van der Waals surface area contributed by atoms with Crippen LogP contribution in [0.3, 0.4) is 0 Å². The van der Waals surface area contributed by atoms with Crippen molar-refractivity contribution in [2.75, 3.05) is 0 Å². The normalized spacial score (nSPS) is 22.9. The number of rotatable bonds is 1. The molecule has 76 valence electrons. The Hall–Kier alpha value is -0.190. The van der Waals surface area contributed by atoms with E-state index in [1.165, 1.54) is 11.1 Å². The van der Waals surface area contributed by atoms with Gasteiger partial charge in [-0.05, 0) is 42.5 Å². The smallest absolute Gasteiger partial charge is 0.156 e. The molecule has 2 unspecified atom stereocenters. The molecule has 0 aromatic heterocycles. The van der Waals surface area contributed by atoms with E-state index in [2.05, 4.69) is 22.0 Å². The molecule has 14 heavy (non-hydrogen) atoms. The summed E-state index contributed by atoms with van der Waals surface area (Å²) in [5, 5.41) is -0.0799. The third-order valence-corrected chi connectivity index (χ3v) is 4.10. The molecule has 0 heterocycles. The quantitative estimate of drug-likeness (QED) is 0.800. The van der Waals surface area contributed by atoms with Gasteiger partial charge in [-0.15, -0.1) is 0 Å². The minimum Gasteiger partial charge on any atom is -0.306 e. The molecule has 2 rings (SSSR count). The fourth-order valence-electron chi connectivity index (χ4n) is 1.86. The van der Waals surface area contributed by atoms with Gasteiger partial charge in [-0.25, -0.2) is 4.21 Å². The van der Waals surface area contributed by atoms with Gasteiger partial charge in [-0.2, -0.15) is 0 Å². The van der Waals surface area contributed by atoms with Gasteiger partial charge in [0, 0.05) is 4.47 Å². The number of hydrogen-bond donors (Lipinski definition) is 1. The van der Waals surface area contributed by atoms with Crippen LogP contribution in [-0.2, 0) is 23.9 Å². The van der Waals surface area contributed by atoms with Crippen molar-refractivity contribution in [1.82, 2.24) is 0 Å². The van der Waals surface area contributed by atoms with Crippen LogP contribution < -0.4 is 0 Å². The van der Waals surface area contributed by atoms with Gasteiger partial charge in [-0.3, -0.25) is 0 Å². The first-order valence-corrected chi connectivity index (χ1v) is 6.50. The fourth-order valence-corrected chi connectivity index (χ4v) is 2.91. The molecule has 4 heteroatoms. The molecular weight excluding hydrogens is 264 g/mol. The first kappa shape index (κ1) is 10.3. The third kappa shape index (κ3) is 2.07. The zero-order chi connectivity index (χ0) is 10.1. The Bertz CT molecular complexity index is 378. The Morgan fingerprint density at radius 3 is 2.93 bits per heavy atom. The molecule has 2 nitrogen and oxygen atoms in total. The maximum absolute atomic E-state index is 10.9. The number of halogens is 1. The van der Waals surface area contributed by atoms with Gasteiger partial charge < -0.3 is 4.55 Å². The van der Waals surface area contributed by atoms with Crippen LogP contribution in [0.15, 0.2) is 22.7 Å². The van der Waals surface area contributed by atoms with E-state index in [-0.39, 0.29) is 5.25 Å². The molecule has 1 aliphatic rings. The molecule has 0 aliphatic heterocycles. The summed E-state index contributed by atoms with van der Waals surface area (Å²) in [5.74, 6) is 0. The lowest BCUT2D eigenvalue weighted by atomic mass is 9.91. The van der Waals surface area contributed by atoms with E-state index in [4.69, 9.17) is 4.55 Å². The molecule has 0 fully saturated rings. The zero-order valence-electron chi connectivity index (χ0n) is 7.57. The van der Waals surface area contributed by atoms with Gasteiger partial charge in [0.2, 0.25) is 0 Å². The summed E-state index contributed by atoms with van der Waals surface area (Å²) in [5.41, 5.74) is 2.52. The highest BCUT2D eigenvalue weighted by Gasteiger charge is 2.22. The second kappa shape index (κ2) is 4.13. The lowest BCUT2D eigenvalue weighted by Gasteiger charge is -2.21. The highest BCUT2D eigenvalue weighted by Crippen LogP contribution is 2.26. The van der Waals surface area contributed by atoms with Crippen molar-refractivity contribution in [1.29, 1.82) is 0 Å².